The molecule has 158 valence electrons. The molecule has 0 saturated heterocycles. The molecule has 0 aliphatic carbocycles. The summed E-state index contributed by atoms with van der Waals surface area (Å²) in [5.74, 6) is 1.49. The molecule has 0 bridgehead atoms. The Morgan fingerprint density at radius 3 is 2.35 bits per heavy atom. The second-order valence-electron chi connectivity index (χ2n) is 7.11. The molecule has 0 aliphatic rings. The van der Waals surface area contributed by atoms with Gasteiger partial charge in [-0.3, -0.25) is 4.79 Å². The van der Waals surface area contributed by atoms with Crippen molar-refractivity contribution in [2.45, 2.75) is 19.8 Å². The fraction of sp³-hybridized carbons (Fsp3) is 0.208. The van der Waals surface area contributed by atoms with Gasteiger partial charge in [0, 0.05) is 5.69 Å². The lowest BCUT2D eigenvalue weighted by Gasteiger charge is -2.07. The molecule has 1 N–H and O–H groups in total. The predicted molar refractivity (Wildman–Crippen MR) is 120 cm³/mol. The number of hydrogen-bond donors (Lipinski definition) is 1. The number of fused-ring (bicyclic) bond motifs is 1. The second kappa shape index (κ2) is 9.30. The van der Waals surface area contributed by atoms with Crippen molar-refractivity contribution in [3.05, 3.63) is 72.3 Å². The summed E-state index contributed by atoms with van der Waals surface area (Å²) in [7, 11) is 1.63. The number of carbonyl (C=O) groups is 1. The topological polar surface area (TPSA) is 78.3 Å². The number of carbonyl (C=O) groups excluding carboxylic acids is 1. The van der Waals surface area contributed by atoms with E-state index < -0.39 is 0 Å². The third-order valence-electron chi connectivity index (χ3n) is 4.73. The van der Waals surface area contributed by atoms with Gasteiger partial charge in [-0.25, -0.2) is 0 Å². The van der Waals surface area contributed by atoms with Crippen LogP contribution in [-0.4, -0.2) is 34.6 Å². The van der Waals surface area contributed by atoms with E-state index in [9.17, 15) is 4.79 Å². The summed E-state index contributed by atoms with van der Waals surface area (Å²) in [6.07, 6.45) is 1.24. The van der Waals surface area contributed by atoms with Crippen molar-refractivity contribution < 1.29 is 14.3 Å². The van der Waals surface area contributed by atoms with Crippen molar-refractivity contribution in [1.29, 1.82) is 0 Å². The summed E-state index contributed by atoms with van der Waals surface area (Å²) in [4.78, 5) is 14.0. The molecule has 3 aromatic carbocycles. The molecule has 0 unspecified atom stereocenters. The Balaban J connectivity index is 1.42. The van der Waals surface area contributed by atoms with Crippen LogP contribution in [0.4, 0.5) is 5.69 Å². The first-order chi connectivity index (χ1) is 15.1. The van der Waals surface area contributed by atoms with Crippen LogP contribution in [0.25, 0.3) is 16.7 Å². The number of benzene rings is 3. The lowest BCUT2D eigenvalue weighted by atomic mass is 10.1. The maximum absolute atomic E-state index is 12.5. The molecule has 1 amide bonds. The third kappa shape index (κ3) is 5.01. The molecule has 0 spiro atoms. The van der Waals surface area contributed by atoms with E-state index in [0.29, 0.717) is 17.8 Å². The maximum Gasteiger partial charge on any atom is 0.228 e. The minimum absolute atomic E-state index is 0.0934. The van der Waals surface area contributed by atoms with Gasteiger partial charge in [0.15, 0.2) is 0 Å². The summed E-state index contributed by atoms with van der Waals surface area (Å²) < 4.78 is 10.8. The maximum atomic E-state index is 12.5. The summed E-state index contributed by atoms with van der Waals surface area (Å²) >= 11 is 0. The highest BCUT2D eigenvalue weighted by Crippen LogP contribution is 2.20. The van der Waals surface area contributed by atoms with Crippen molar-refractivity contribution >= 4 is 22.6 Å². The van der Waals surface area contributed by atoms with Crippen LogP contribution in [0.15, 0.2) is 66.7 Å². The molecule has 0 aliphatic heterocycles. The van der Waals surface area contributed by atoms with Crippen molar-refractivity contribution in [2.24, 2.45) is 0 Å². The molecule has 0 saturated carbocycles. The molecule has 7 heteroatoms. The number of hydrogen-bond acceptors (Lipinski definition) is 5. The lowest BCUT2D eigenvalue weighted by molar-refractivity contribution is -0.115. The Morgan fingerprint density at radius 2 is 1.65 bits per heavy atom. The lowest BCUT2D eigenvalue weighted by Crippen LogP contribution is -2.14. The van der Waals surface area contributed by atoms with Crippen LogP contribution in [0.2, 0.25) is 0 Å². The minimum Gasteiger partial charge on any atom is -0.497 e. The van der Waals surface area contributed by atoms with Crippen LogP contribution in [-0.2, 0) is 11.2 Å². The Kier molecular flexibility index (Phi) is 6.12. The van der Waals surface area contributed by atoms with Gasteiger partial charge >= 0.3 is 0 Å². The Bertz CT molecular complexity index is 1170. The number of amides is 1. The molecular formula is C24H24N4O3. The molecule has 31 heavy (non-hydrogen) atoms. The van der Waals surface area contributed by atoms with E-state index in [4.69, 9.17) is 9.47 Å². The first-order valence-electron chi connectivity index (χ1n) is 10.2. The monoisotopic (exact) mass is 416 g/mol. The van der Waals surface area contributed by atoms with E-state index in [1.54, 1.807) is 11.9 Å². The average molecular weight is 416 g/mol. The van der Waals surface area contributed by atoms with E-state index in [1.807, 2.05) is 66.7 Å². The Labute approximate surface area is 180 Å². The van der Waals surface area contributed by atoms with Crippen molar-refractivity contribution in [2.75, 3.05) is 19.0 Å². The molecule has 4 aromatic rings. The van der Waals surface area contributed by atoms with Crippen LogP contribution < -0.4 is 14.8 Å². The van der Waals surface area contributed by atoms with Gasteiger partial charge < -0.3 is 14.8 Å². The molecular weight excluding hydrogens is 392 g/mol. The largest absolute Gasteiger partial charge is 0.497 e. The fourth-order valence-electron chi connectivity index (χ4n) is 3.14. The highest BCUT2D eigenvalue weighted by Gasteiger charge is 2.09. The first kappa shape index (κ1) is 20.4. The third-order valence-corrected chi connectivity index (χ3v) is 4.73. The number of aromatic nitrogens is 3. The van der Waals surface area contributed by atoms with E-state index in [-0.39, 0.29) is 12.3 Å². The minimum atomic E-state index is -0.0934. The number of ether oxygens (including phenoxy) is 2. The van der Waals surface area contributed by atoms with Gasteiger partial charge in [0.2, 0.25) is 5.91 Å². The predicted octanol–water partition coefficient (Wildman–Crippen LogP) is 4.40. The molecule has 7 nitrogen and oxygen atoms in total. The van der Waals surface area contributed by atoms with Crippen LogP contribution >= 0.6 is 0 Å². The van der Waals surface area contributed by atoms with Gasteiger partial charge in [-0.1, -0.05) is 19.1 Å². The zero-order valence-electron chi connectivity index (χ0n) is 17.5. The number of nitrogens with one attached hydrogen (secondary N) is 1. The summed E-state index contributed by atoms with van der Waals surface area (Å²) in [5, 5.41) is 12.0. The number of anilines is 1. The molecule has 0 radical (unpaired) electrons. The smallest absolute Gasteiger partial charge is 0.228 e. The van der Waals surface area contributed by atoms with Crippen molar-refractivity contribution in [3.63, 3.8) is 0 Å². The van der Waals surface area contributed by atoms with Crippen molar-refractivity contribution in [3.8, 4) is 17.2 Å². The van der Waals surface area contributed by atoms with Crippen LogP contribution in [0.1, 0.15) is 18.9 Å². The van der Waals surface area contributed by atoms with Crippen LogP contribution in [0.5, 0.6) is 11.5 Å². The Morgan fingerprint density at radius 1 is 0.935 bits per heavy atom. The van der Waals surface area contributed by atoms with Gasteiger partial charge in [-0.2, -0.15) is 4.80 Å². The highest BCUT2D eigenvalue weighted by molar-refractivity contribution is 5.94. The van der Waals surface area contributed by atoms with E-state index >= 15 is 0 Å². The first-order valence-corrected chi connectivity index (χ1v) is 10.2. The molecule has 1 aromatic heterocycles. The van der Waals surface area contributed by atoms with Gasteiger partial charge in [0.25, 0.3) is 0 Å². The number of nitrogens with zero attached hydrogens (tertiary/aromatic N) is 3. The quantitative estimate of drug-likeness (QED) is 0.461. The van der Waals surface area contributed by atoms with Crippen molar-refractivity contribution in [1.82, 2.24) is 15.0 Å². The van der Waals surface area contributed by atoms with Crippen LogP contribution in [0, 0.1) is 0 Å². The Hall–Kier alpha value is -3.87. The van der Waals surface area contributed by atoms with Gasteiger partial charge in [0.05, 0.1) is 25.8 Å². The van der Waals surface area contributed by atoms with Gasteiger partial charge in [-0.05, 0) is 66.6 Å². The second-order valence-corrected chi connectivity index (χ2v) is 7.11. The fourth-order valence-corrected chi connectivity index (χ4v) is 3.14. The molecule has 0 fully saturated rings. The average Bonchev–Trinajstić information content (AvgIpc) is 3.22. The van der Waals surface area contributed by atoms with Gasteiger partial charge in [-0.15, -0.1) is 10.2 Å². The highest BCUT2D eigenvalue weighted by atomic mass is 16.5. The van der Waals surface area contributed by atoms with E-state index in [0.717, 1.165) is 34.7 Å². The van der Waals surface area contributed by atoms with Gasteiger partial charge in [0.1, 0.15) is 22.5 Å². The van der Waals surface area contributed by atoms with Crippen LogP contribution in [0.3, 0.4) is 0 Å². The number of methoxy groups -OCH3 is 1. The zero-order valence-corrected chi connectivity index (χ0v) is 17.5. The summed E-state index contributed by atoms with van der Waals surface area (Å²) in [5.41, 5.74) is 3.88. The van der Waals surface area contributed by atoms with E-state index in [2.05, 4.69) is 22.4 Å². The summed E-state index contributed by atoms with van der Waals surface area (Å²) in [6, 6.07) is 20.6. The normalized spacial score (nSPS) is 10.8. The SMILES string of the molecule is CCCOc1ccc(CC(=O)Nc2ccc3nn(-c4ccc(OC)cc4)nc3c2)cc1. The molecule has 4 rings (SSSR count). The standard InChI is InChI=1S/C24H24N4O3/c1-3-14-31-21-9-4-17(5-10-21)15-24(29)25-18-6-13-22-23(16-18)27-28(26-22)19-7-11-20(30-2)12-8-19/h4-13,16H,3,14-15H2,1-2H3,(H,25,29). The molecule has 0 atom stereocenters. The van der Waals surface area contributed by atoms with E-state index in [1.165, 1.54) is 0 Å². The number of rotatable bonds is 8. The molecule has 1 heterocycles. The summed E-state index contributed by atoms with van der Waals surface area (Å²) in [6.45, 7) is 2.75. The zero-order chi connectivity index (χ0) is 21.6.